The zero-order valence-electron chi connectivity index (χ0n) is 32.2. The summed E-state index contributed by atoms with van der Waals surface area (Å²) in [7, 11) is 0. The van der Waals surface area contributed by atoms with Crippen molar-refractivity contribution in [2.24, 2.45) is 0 Å². The largest absolute Gasteiger partial charge is 0.309 e. The summed E-state index contributed by atoms with van der Waals surface area (Å²) in [6.07, 6.45) is 3.49. The standard InChI is InChI=1S/C48H48N4/c1-29-24-31(3)45(32(4)25-29)52(46-33(5)26-30(2)27-34(46)6)48-37(9)35(7)47(36(8)38(48)10)51(43-22-23-49-28-50-43)42-21-20-39-16-14-15-19-41(39)44(42)40-17-12-11-13-18-40/h11-28H,1-10H3. The minimum Gasteiger partial charge on any atom is -0.309 e. The molecule has 7 rings (SSSR count). The topological polar surface area (TPSA) is 32.3 Å². The fraction of sp³-hybridized carbons (Fsp3) is 0.208. The Bertz CT molecular complexity index is 2330. The number of fused-ring (bicyclic) bond motifs is 1. The lowest BCUT2D eigenvalue weighted by atomic mass is 9.90. The second-order valence-corrected chi connectivity index (χ2v) is 14.5. The summed E-state index contributed by atoms with van der Waals surface area (Å²) < 4.78 is 0. The summed E-state index contributed by atoms with van der Waals surface area (Å²) >= 11 is 0. The first kappa shape index (κ1) is 34.7. The molecule has 1 heterocycles. The van der Waals surface area contributed by atoms with Crippen LogP contribution in [0.2, 0.25) is 0 Å². The zero-order chi connectivity index (χ0) is 36.8. The second-order valence-electron chi connectivity index (χ2n) is 14.5. The van der Waals surface area contributed by atoms with Crippen molar-refractivity contribution in [3.05, 3.63) is 165 Å². The molecule has 260 valence electrons. The van der Waals surface area contributed by atoms with Crippen LogP contribution in [0.5, 0.6) is 0 Å². The minimum atomic E-state index is 0.826. The first-order valence-corrected chi connectivity index (χ1v) is 18.2. The molecule has 0 unspecified atom stereocenters. The van der Waals surface area contributed by atoms with Crippen molar-refractivity contribution in [3.8, 4) is 11.1 Å². The fourth-order valence-corrected chi connectivity index (χ4v) is 8.46. The predicted molar refractivity (Wildman–Crippen MR) is 222 cm³/mol. The molecule has 0 amide bonds. The van der Waals surface area contributed by atoms with Crippen molar-refractivity contribution in [3.63, 3.8) is 0 Å². The fourth-order valence-electron chi connectivity index (χ4n) is 8.46. The maximum atomic E-state index is 4.91. The molecule has 0 saturated heterocycles. The number of aryl methyl sites for hydroxylation is 6. The number of rotatable bonds is 7. The van der Waals surface area contributed by atoms with Crippen LogP contribution in [0.4, 0.5) is 34.3 Å². The summed E-state index contributed by atoms with van der Waals surface area (Å²) in [6, 6.07) is 35.2. The van der Waals surface area contributed by atoms with E-state index in [1.165, 1.54) is 89.0 Å². The highest BCUT2D eigenvalue weighted by Crippen LogP contribution is 2.51. The monoisotopic (exact) mass is 680 g/mol. The highest BCUT2D eigenvalue weighted by molar-refractivity contribution is 6.06. The minimum absolute atomic E-state index is 0.826. The number of aromatic nitrogens is 2. The number of anilines is 6. The SMILES string of the molecule is Cc1cc(C)c(N(c2c(C)cc(C)cc2C)c2c(C)c(C)c(N(c3ccncn3)c3ccc4ccccc4c3-c3ccccc3)c(C)c2C)c(C)c1. The van der Waals surface area contributed by atoms with Crippen molar-refractivity contribution < 1.29 is 0 Å². The van der Waals surface area contributed by atoms with Gasteiger partial charge >= 0.3 is 0 Å². The lowest BCUT2D eigenvalue weighted by molar-refractivity contribution is 1.07. The Labute approximate surface area is 309 Å². The van der Waals surface area contributed by atoms with Gasteiger partial charge in [0.2, 0.25) is 0 Å². The van der Waals surface area contributed by atoms with Gasteiger partial charge in [0.1, 0.15) is 12.1 Å². The molecule has 4 nitrogen and oxygen atoms in total. The molecule has 52 heavy (non-hydrogen) atoms. The smallest absolute Gasteiger partial charge is 0.140 e. The third-order valence-electron chi connectivity index (χ3n) is 10.7. The zero-order valence-corrected chi connectivity index (χ0v) is 32.2. The summed E-state index contributed by atoms with van der Waals surface area (Å²) in [4.78, 5) is 14.2. The van der Waals surface area contributed by atoms with Crippen LogP contribution in [0.15, 0.2) is 110 Å². The Morgan fingerprint density at radius 2 is 0.962 bits per heavy atom. The van der Waals surface area contributed by atoms with Gasteiger partial charge in [0.25, 0.3) is 0 Å². The number of benzene rings is 6. The van der Waals surface area contributed by atoms with Crippen LogP contribution in [-0.2, 0) is 0 Å². The van der Waals surface area contributed by atoms with Crippen LogP contribution in [-0.4, -0.2) is 9.97 Å². The lowest BCUT2D eigenvalue weighted by Gasteiger charge is -2.37. The van der Waals surface area contributed by atoms with Gasteiger partial charge in [0, 0.05) is 11.8 Å². The van der Waals surface area contributed by atoms with Crippen molar-refractivity contribution in [1.29, 1.82) is 0 Å². The van der Waals surface area contributed by atoms with Gasteiger partial charge in [-0.05, 0) is 142 Å². The highest BCUT2D eigenvalue weighted by Gasteiger charge is 2.30. The average Bonchev–Trinajstić information content (AvgIpc) is 3.12. The van der Waals surface area contributed by atoms with E-state index in [-0.39, 0.29) is 0 Å². The third-order valence-corrected chi connectivity index (χ3v) is 10.7. The van der Waals surface area contributed by atoms with E-state index < -0.39 is 0 Å². The maximum absolute atomic E-state index is 4.91. The van der Waals surface area contributed by atoms with E-state index in [9.17, 15) is 0 Å². The van der Waals surface area contributed by atoms with Crippen LogP contribution < -0.4 is 9.80 Å². The molecule has 0 N–H and O–H groups in total. The van der Waals surface area contributed by atoms with Crippen LogP contribution in [0.1, 0.15) is 55.6 Å². The highest BCUT2D eigenvalue weighted by atomic mass is 15.2. The van der Waals surface area contributed by atoms with Gasteiger partial charge in [-0.3, -0.25) is 4.90 Å². The van der Waals surface area contributed by atoms with Crippen LogP contribution in [0.3, 0.4) is 0 Å². The first-order chi connectivity index (χ1) is 25.0. The molecule has 0 fully saturated rings. The Kier molecular flexibility index (Phi) is 9.18. The van der Waals surface area contributed by atoms with Gasteiger partial charge in [-0.1, -0.05) is 96.1 Å². The van der Waals surface area contributed by atoms with Crippen LogP contribution in [0.25, 0.3) is 21.9 Å². The Hall–Kier alpha value is -5.74. The van der Waals surface area contributed by atoms with Gasteiger partial charge < -0.3 is 4.90 Å². The summed E-state index contributed by atoms with van der Waals surface area (Å²) in [6.45, 7) is 22.5. The Morgan fingerprint density at radius 3 is 1.48 bits per heavy atom. The molecule has 0 bridgehead atoms. The molecule has 7 aromatic rings. The van der Waals surface area contributed by atoms with E-state index in [4.69, 9.17) is 4.98 Å². The van der Waals surface area contributed by atoms with E-state index in [1.54, 1.807) is 6.33 Å². The summed E-state index contributed by atoms with van der Waals surface area (Å²) in [5, 5.41) is 2.40. The molecule has 0 saturated carbocycles. The molecule has 1 aromatic heterocycles. The molecule has 4 heteroatoms. The van der Waals surface area contributed by atoms with Crippen molar-refractivity contribution >= 4 is 45.0 Å². The van der Waals surface area contributed by atoms with E-state index in [0.717, 1.165) is 22.8 Å². The molecule has 0 aliphatic rings. The van der Waals surface area contributed by atoms with Crippen molar-refractivity contribution in [1.82, 2.24) is 9.97 Å². The third kappa shape index (κ3) is 5.92. The maximum Gasteiger partial charge on any atom is 0.140 e. The molecule has 6 aromatic carbocycles. The van der Waals surface area contributed by atoms with Gasteiger partial charge in [0.15, 0.2) is 0 Å². The molecular formula is C48H48N4. The van der Waals surface area contributed by atoms with Crippen molar-refractivity contribution in [2.45, 2.75) is 69.2 Å². The molecule has 0 aliphatic carbocycles. The van der Waals surface area contributed by atoms with Gasteiger partial charge in [-0.15, -0.1) is 0 Å². The van der Waals surface area contributed by atoms with Gasteiger partial charge in [-0.25, -0.2) is 9.97 Å². The Balaban J connectivity index is 1.57. The number of hydrogen-bond acceptors (Lipinski definition) is 4. The van der Waals surface area contributed by atoms with Gasteiger partial charge in [0.05, 0.1) is 28.4 Å². The molecular weight excluding hydrogens is 633 g/mol. The second kappa shape index (κ2) is 13.8. The quantitative estimate of drug-likeness (QED) is 0.168. The molecule has 0 spiro atoms. The predicted octanol–water partition coefficient (Wildman–Crippen LogP) is 13.3. The average molecular weight is 681 g/mol. The van der Waals surface area contributed by atoms with E-state index >= 15 is 0 Å². The summed E-state index contributed by atoms with van der Waals surface area (Å²) in [5.41, 5.74) is 20.8. The molecule has 0 aliphatic heterocycles. The molecule has 0 radical (unpaired) electrons. The molecule has 0 atom stereocenters. The van der Waals surface area contributed by atoms with Crippen LogP contribution in [0, 0.1) is 69.2 Å². The van der Waals surface area contributed by atoms with Crippen molar-refractivity contribution in [2.75, 3.05) is 9.80 Å². The van der Waals surface area contributed by atoms with E-state index in [2.05, 4.69) is 175 Å². The van der Waals surface area contributed by atoms with E-state index in [0.29, 0.717) is 0 Å². The number of hydrogen-bond donors (Lipinski definition) is 0. The van der Waals surface area contributed by atoms with Crippen LogP contribution >= 0.6 is 0 Å². The van der Waals surface area contributed by atoms with E-state index in [1.807, 2.05) is 12.3 Å². The normalized spacial score (nSPS) is 11.3. The number of nitrogens with zero attached hydrogens (tertiary/aromatic N) is 4. The van der Waals surface area contributed by atoms with Gasteiger partial charge in [-0.2, -0.15) is 0 Å². The summed E-state index contributed by atoms with van der Waals surface area (Å²) in [5.74, 6) is 0.826. The Morgan fingerprint density at radius 1 is 0.462 bits per heavy atom. The lowest BCUT2D eigenvalue weighted by Crippen LogP contribution is -2.21. The first-order valence-electron chi connectivity index (χ1n) is 18.2.